The molecule has 4 atom stereocenters. The molecule has 1 fully saturated rings. The summed E-state index contributed by atoms with van der Waals surface area (Å²) < 4.78 is 0. The van der Waals surface area contributed by atoms with Crippen molar-refractivity contribution >= 4 is 12.0 Å². The summed E-state index contributed by atoms with van der Waals surface area (Å²) in [5, 5.41) is 16.5. The summed E-state index contributed by atoms with van der Waals surface area (Å²) in [6.07, 6.45) is 5.08. The standard InChI is InChI=1S/C14H26N2O3/c1-4-9(2)12(13(17)18)16-14(19)15-11-8-6-5-7-10(11)3/h9-12H,4-8H2,1-3H3,(H,17,18)(H2,15,16,19)/p-1/t9-,10+,11+,12+/m0/s1. The van der Waals surface area contributed by atoms with Crippen molar-refractivity contribution in [2.45, 2.75) is 65.0 Å². The number of amides is 2. The number of carboxylic acids is 1. The topological polar surface area (TPSA) is 81.3 Å². The molecule has 5 nitrogen and oxygen atoms in total. The summed E-state index contributed by atoms with van der Waals surface area (Å²) in [6.45, 7) is 5.81. The van der Waals surface area contributed by atoms with Crippen molar-refractivity contribution in [2.24, 2.45) is 11.8 Å². The fourth-order valence-corrected chi connectivity index (χ4v) is 2.55. The van der Waals surface area contributed by atoms with E-state index in [0.717, 1.165) is 19.3 Å². The van der Waals surface area contributed by atoms with Gasteiger partial charge in [-0.2, -0.15) is 0 Å². The minimum absolute atomic E-state index is 0.139. The van der Waals surface area contributed by atoms with E-state index in [0.29, 0.717) is 12.3 Å². The van der Waals surface area contributed by atoms with Crippen molar-refractivity contribution in [3.63, 3.8) is 0 Å². The van der Waals surface area contributed by atoms with Gasteiger partial charge in [-0.1, -0.05) is 40.0 Å². The van der Waals surface area contributed by atoms with Crippen LogP contribution in [-0.4, -0.2) is 24.1 Å². The van der Waals surface area contributed by atoms with Crippen LogP contribution in [0.1, 0.15) is 52.9 Å². The van der Waals surface area contributed by atoms with Crippen molar-refractivity contribution < 1.29 is 14.7 Å². The number of carboxylic acid groups (broad SMARTS) is 1. The maximum Gasteiger partial charge on any atom is 0.315 e. The summed E-state index contributed by atoms with van der Waals surface area (Å²) in [4.78, 5) is 22.9. The number of carbonyl (C=O) groups is 2. The van der Waals surface area contributed by atoms with Crippen LogP contribution in [0.25, 0.3) is 0 Å². The van der Waals surface area contributed by atoms with Crippen LogP contribution < -0.4 is 15.7 Å². The van der Waals surface area contributed by atoms with Crippen LogP contribution in [0.3, 0.4) is 0 Å². The molecule has 1 aliphatic rings. The second-order valence-electron chi connectivity index (χ2n) is 5.67. The number of hydrogen-bond donors (Lipinski definition) is 2. The lowest BCUT2D eigenvalue weighted by atomic mass is 9.86. The fraction of sp³-hybridized carbons (Fsp3) is 0.857. The number of hydrogen-bond acceptors (Lipinski definition) is 3. The van der Waals surface area contributed by atoms with E-state index >= 15 is 0 Å². The molecule has 0 aromatic heterocycles. The molecule has 0 aromatic carbocycles. The van der Waals surface area contributed by atoms with Gasteiger partial charge in [0.25, 0.3) is 0 Å². The molecule has 2 N–H and O–H groups in total. The highest BCUT2D eigenvalue weighted by Crippen LogP contribution is 2.23. The molecular formula is C14H25N2O3-. The van der Waals surface area contributed by atoms with Crippen molar-refractivity contribution in [3.8, 4) is 0 Å². The van der Waals surface area contributed by atoms with E-state index in [1.165, 1.54) is 6.42 Å². The van der Waals surface area contributed by atoms with E-state index in [-0.39, 0.29) is 12.0 Å². The summed E-state index contributed by atoms with van der Waals surface area (Å²) in [5.41, 5.74) is 0. The van der Waals surface area contributed by atoms with Crippen molar-refractivity contribution in [3.05, 3.63) is 0 Å². The van der Waals surface area contributed by atoms with Crippen LogP contribution in [0.2, 0.25) is 0 Å². The van der Waals surface area contributed by atoms with Gasteiger partial charge in [0.15, 0.2) is 0 Å². The first-order valence-electron chi connectivity index (χ1n) is 7.23. The van der Waals surface area contributed by atoms with Crippen LogP contribution in [0.15, 0.2) is 0 Å². The van der Waals surface area contributed by atoms with Gasteiger partial charge >= 0.3 is 6.03 Å². The summed E-state index contributed by atoms with van der Waals surface area (Å²) in [6, 6.07) is -1.18. The zero-order valence-corrected chi connectivity index (χ0v) is 12.1. The molecule has 1 aliphatic carbocycles. The molecule has 1 rings (SSSR count). The average Bonchev–Trinajstić information content (AvgIpc) is 2.37. The van der Waals surface area contributed by atoms with Gasteiger partial charge in [0.05, 0.1) is 12.0 Å². The average molecular weight is 269 g/mol. The quantitative estimate of drug-likeness (QED) is 0.782. The fourth-order valence-electron chi connectivity index (χ4n) is 2.55. The van der Waals surface area contributed by atoms with Gasteiger partial charge in [-0.3, -0.25) is 0 Å². The molecule has 19 heavy (non-hydrogen) atoms. The highest BCUT2D eigenvalue weighted by molar-refractivity contribution is 5.81. The second-order valence-corrected chi connectivity index (χ2v) is 5.67. The van der Waals surface area contributed by atoms with E-state index in [2.05, 4.69) is 17.6 Å². The summed E-state index contributed by atoms with van der Waals surface area (Å²) in [7, 11) is 0. The normalized spacial score (nSPS) is 26.3. The Morgan fingerprint density at radius 1 is 1.32 bits per heavy atom. The molecule has 0 spiro atoms. The zero-order chi connectivity index (χ0) is 14.4. The zero-order valence-electron chi connectivity index (χ0n) is 12.1. The maximum atomic E-state index is 11.9. The van der Waals surface area contributed by atoms with E-state index in [1.807, 2.05) is 6.92 Å². The first-order chi connectivity index (χ1) is 8.95. The second kappa shape index (κ2) is 7.36. The van der Waals surface area contributed by atoms with Crippen LogP contribution >= 0.6 is 0 Å². The predicted octanol–water partition coefficient (Wildman–Crippen LogP) is 1.03. The van der Waals surface area contributed by atoms with E-state index in [9.17, 15) is 14.7 Å². The van der Waals surface area contributed by atoms with Gasteiger partial charge in [0.1, 0.15) is 0 Å². The highest BCUT2D eigenvalue weighted by atomic mass is 16.4. The largest absolute Gasteiger partial charge is 0.548 e. The van der Waals surface area contributed by atoms with E-state index in [4.69, 9.17) is 0 Å². The SMILES string of the molecule is CC[C@H](C)[C@@H](NC(=O)N[C@@H]1CCCC[C@H]1C)C(=O)[O-]. The third-order valence-electron chi connectivity index (χ3n) is 4.18. The number of rotatable bonds is 5. The number of aliphatic carboxylic acids is 1. The Morgan fingerprint density at radius 3 is 2.47 bits per heavy atom. The molecule has 0 aliphatic heterocycles. The maximum absolute atomic E-state index is 11.9. The smallest absolute Gasteiger partial charge is 0.315 e. The van der Waals surface area contributed by atoms with E-state index < -0.39 is 18.0 Å². The summed E-state index contributed by atoms with van der Waals surface area (Å²) >= 11 is 0. The predicted molar refractivity (Wildman–Crippen MR) is 71.3 cm³/mol. The third kappa shape index (κ3) is 4.73. The Kier molecular flexibility index (Phi) is 6.12. The molecule has 0 bridgehead atoms. The lowest BCUT2D eigenvalue weighted by molar-refractivity contribution is -0.309. The summed E-state index contributed by atoms with van der Waals surface area (Å²) in [5.74, 6) is -0.912. The Bertz CT molecular complexity index is 320. The Labute approximate surface area is 115 Å². The van der Waals surface area contributed by atoms with Gasteiger partial charge in [0.2, 0.25) is 0 Å². The Hall–Kier alpha value is -1.26. The molecule has 0 saturated heterocycles. The molecular weight excluding hydrogens is 244 g/mol. The molecule has 0 radical (unpaired) electrons. The first kappa shape index (κ1) is 15.8. The molecule has 0 aromatic rings. The molecule has 5 heteroatoms. The van der Waals surface area contributed by atoms with Crippen LogP contribution in [0.4, 0.5) is 4.79 Å². The number of carbonyl (C=O) groups excluding carboxylic acids is 2. The molecule has 110 valence electrons. The van der Waals surface area contributed by atoms with Crippen LogP contribution in [0.5, 0.6) is 0 Å². The van der Waals surface area contributed by atoms with Crippen LogP contribution in [-0.2, 0) is 4.79 Å². The van der Waals surface area contributed by atoms with Gasteiger partial charge in [-0.15, -0.1) is 0 Å². The minimum Gasteiger partial charge on any atom is -0.548 e. The van der Waals surface area contributed by atoms with Gasteiger partial charge in [-0.25, -0.2) is 4.79 Å². The highest BCUT2D eigenvalue weighted by Gasteiger charge is 2.25. The lowest BCUT2D eigenvalue weighted by Gasteiger charge is -2.31. The van der Waals surface area contributed by atoms with E-state index in [1.54, 1.807) is 6.92 Å². The van der Waals surface area contributed by atoms with Gasteiger partial charge in [-0.05, 0) is 24.7 Å². The molecule has 0 heterocycles. The monoisotopic (exact) mass is 269 g/mol. The lowest BCUT2D eigenvalue weighted by Crippen LogP contribution is -2.56. The van der Waals surface area contributed by atoms with Gasteiger partial charge in [0, 0.05) is 6.04 Å². The minimum atomic E-state index is -1.22. The molecule has 1 saturated carbocycles. The Balaban J connectivity index is 2.50. The first-order valence-corrected chi connectivity index (χ1v) is 7.23. The molecule has 0 unspecified atom stereocenters. The Morgan fingerprint density at radius 2 is 1.95 bits per heavy atom. The number of urea groups is 1. The third-order valence-corrected chi connectivity index (χ3v) is 4.18. The van der Waals surface area contributed by atoms with Crippen molar-refractivity contribution in [1.82, 2.24) is 10.6 Å². The molecule has 2 amide bonds. The number of nitrogens with one attached hydrogen (secondary N) is 2. The van der Waals surface area contributed by atoms with Crippen LogP contribution in [0, 0.1) is 11.8 Å². The van der Waals surface area contributed by atoms with Crippen molar-refractivity contribution in [1.29, 1.82) is 0 Å². The van der Waals surface area contributed by atoms with Gasteiger partial charge < -0.3 is 20.5 Å². The van der Waals surface area contributed by atoms with Crippen molar-refractivity contribution in [2.75, 3.05) is 0 Å².